The molecule has 3 heterocycles. The van der Waals surface area contributed by atoms with E-state index in [-0.39, 0.29) is 18.4 Å². The first-order valence-corrected chi connectivity index (χ1v) is 11.9. The van der Waals surface area contributed by atoms with E-state index in [2.05, 4.69) is 20.0 Å². The molecule has 0 saturated carbocycles. The summed E-state index contributed by atoms with van der Waals surface area (Å²) in [6.45, 7) is 5.65. The number of piperazine rings is 1. The number of benzene rings is 1. The fourth-order valence-electron chi connectivity index (χ4n) is 3.93. The number of carbonyl (C=O) groups is 2. The van der Waals surface area contributed by atoms with Crippen LogP contribution in [-0.4, -0.2) is 73.0 Å². The molecule has 4 rings (SSSR count). The number of nitrogens with zero attached hydrogens (tertiary/aromatic N) is 6. The summed E-state index contributed by atoms with van der Waals surface area (Å²) >= 11 is 0. The molecule has 0 spiro atoms. The zero-order valence-electron chi connectivity index (χ0n) is 21.3. The van der Waals surface area contributed by atoms with Crippen molar-refractivity contribution in [1.29, 1.82) is 0 Å². The maximum atomic E-state index is 13.7. The average Bonchev–Trinajstić information content (AvgIpc) is 3.20. The first-order valence-electron chi connectivity index (χ1n) is 11.9. The molecular formula is C25H28F4N6O4. The van der Waals surface area contributed by atoms with Crippen LogP contribution in [0.4, 0.5) is 23.4 Å². The lowest BCUT2D eigenvalue weighted by atomic mass is 10.1. The summed E-state index contributed by atoms with van der Waals surface area (Å²) < 4.78 is 55.0. The smallest absolute Gasteiger partial charge is 0.419 e. The molecule has 210 valence electrons. The van der Waals surface area contributed by atoms with E-state index >= 15 is 0 Å². The van der Waals surface area contributed by atoms with Crippen LogP contribution in [0.1, 0.15) is 29.7 Å². The Bertz CT molecular complexity index is 1290. The van der Waals surface area contributed by atoms with Gasteiger partial charge in [-0.1, -0.05) is 0 Å². The molecule has 0 unspecified atom stereocenters. The van der Waals surface area contributed by atoms with Gasteiger partial charge >= 0.3 is 18.1 Å². The highest BCUT2D eigenvalue weighted by Crippen LogP contribution is 2.35. The number of anilines is 1. The molecule has 1 aliphatic heterocycles. The van der Waals surface area contributed by atoms with Crippen LogP contribution in [0.2, 0.25) is 0 Å². The van der Waals surface area contributed by atoms with Crippen molar-refractivity contribution >= 4 is 17.8 Å². The molecule has 14 heteroatoms. The quantitative estimate of drug-likeness (QED) is 0.423. The van der Waals surface area contributed by atoms with Crippen molar-refractivity contribution in [3.8, 4) is 11.3 Å². The second-order valence-corrected chi connectivity index (χ2v) is 8.85. The van der Waals surface area contributed by atoms with Crippen LogP contribution in [0.3, 0.4) is 0 Å². The van der Waals surface area contributed by atoms with Crippen molar-refractivity contribution in [2.24, 2.45) is 7.05 Å². The second kappa shape index (κ2) is 12.7. The number of carboxylic acids is 2. The summed E-state index contributed by atoms with van der Waals surface area (Å²) in [5, 5.41) is 20.1. The van der Waals surface area contributed by atoms with Crippen LogP contribution in [0.25, 0.3) is 11.3 Å². The first kappa shape index (κ1) is 29.5. The van der Waals surface area contributed by atoms with Crippen LogP contribution >= 0.6 is 0 Å². The van der Waals surface area contributed by atoms with Crippen LogP contribution in [-0.2, 0) is 29.4 Å². The number of rotatable bonds is 7. The van der Waals surface area contributed by atoms with E-state index in [4.69, 9.17) is 10.2 Å². The molecule has 0 atom stereocenters. The highest BCUT2D eigenvalue weighted by atomic mass is 19.4. The number of aliphatic carboxylic acids is 2. The third-order valence-corrected chi connectivity index (χ3v) is 6.18. The van der Waals surface area contributed by atoms with Gasteiger partial charge in [0.25, 0.3) is 0 Å². The van der Waals surface area contributed by atoms with Gasteiger partial charge in [0, 0.05) is 69.0 Å². The number of hydrogen-bond acceptors (Lipinski definition) is 7. The maximum Gasteiger partial charge on any atom is 0.419 e. The molecule has 2 aromatic heterocycles. The van der Waals surface area contributed by atoms with Gasteiger partial charge in [-0.15, -0.1) is 0 Å². The number of hydrogen-bond donors (Lipinski definition) is 2. The van der Waals surface area contributed by atoms with Gasteiger partial charge < -0.3 is 15.1 Å². The van der Waals surface area contributed by atoms with Gasteiger partial charge in [0.1, 0.15) is 11.5 Å². The van der Waals surface area contributed by atoms with E-state index in [1.165, 1.54) is 24.0 Å². The topological polar surface area (TPSA) is 125 Å². The summed E-state index contributed by atoms with van der Waals surface area (Å²) in [5.41, 5.74) is 1.48. The van der Waals surface area contributed by atoms with Gasteiger partial charge in [-0.3, -0.25) is 24.2 Å². The molecule has 0 radical (unpaired) electrons. The fraction of sp³-hybridized carbons (Fsp3) is 0.400. The lowest BCUT2D eigenvalue weighted by Crippen LogP contribution is -2.46. The maximum absolute atomic E-state index is 13.7. The monoisotopic (exact) mass is 552 g/mol. The molecule has 1 aromatic carbocycles. The van der Waals surface area contributed by atoms with E-state index in [1.807, 2.05) is 29.7 Å². The van der Waals surface area contributed by atoms with Gasteiger partial charge in [0.05, 0.1) is 24.6 Å². The van der Waals surface area contributed by atoms with Crippen LogP contribution in [0.5, 0.6) is 0 Å². The predicted octanol–water partition coefficient (Wildman–Crippen LogP) is 3.60. The standard InChI is InChI=1S/C21H22F4N6.C4H6O4/c1-14-16(12-28-29(14)2)13-30-7-9-31(10-8-30)20-19(26-5-6-27-20)15-3-4-18(22)17(11-15)21(23,24)25;5-3(6)1-2-4(7)8/h3-6,11-12H,7-10,13H2,1-2H3;1-2H2,(H,5,6)(H,7,8). The van der Waals surface area contributed by atoms with Crippen molar-refractivity contribution in [1.82, 2.24) is 24.6 Å². The third kappa shape index (κ3) is 7.96. The summed E-state index contributed by atoms with van der Waals surface area (Å²) in [4.78, 5) is 32.2. The van der Waals surface area contributed by atoms with Crippen LogP contribution in [0, 0.1) is 12.7 Å². The van der Waals surface area contributed by atoms with Gasteiger partial charge in [-0.2, -0.15) is 18.3 Å². The number of carboxylic acid groups (broad SMARTS) is 2. The Balaban J connectivity index is 0.000000459. The minimum Gasteiger partial charge on any atom is -0.481 e. The van der Waals surface area contributed by atoms with Gasteiger partial charge in [-0.05, 0) is 25.1 Å². The Hall–Kier alpha value is -4.07. The number of halogens is 4. The molecule has 39 heavy (non-hydrogen) atoms. The Kier molecular flexibility index (Phi) is 9.56. The first-order chi connectivity index (χ1) is 18.4. The van der Waals surface area contributed by atoms with Crippen molar-refractivity contribution in [3.63, 3.8) is 0 Å². The minimum absolute atomic E-state index is 0.185. The van der Waals surface area contributed by atoms with Crippen LogP contribution in [0.15, 0.2) is 36.8 Å². The Labute approximate surface area is 221 Å². The van der Waals surface area contributed by atoms with Crippen molar-refractivity contribution in [3.05, 3.63) is 59.4 Å². The molecule has 0 bridgehead atoms. The Morgan fingerprint density at radius 3 is 2.15 bits per heavy atom. The molecule has 2 N–H and O–H groups in total. The molecule has 1 saturated heterocycles. The SMILES string of the molecule is Cc1c(CN2CCN(c3nccnc3-c3ccc(F)c(C(F)(F)F)c3)CC2)cnn1C.O=C(O)CCC(=O)O. The van der Waals surface area contributed by atoms with E-state index in [9.17, 15) is 27.2 Å². The number of alkyl halides is 3. The molecule has 10 nitrogen and oxygen atoms in total. The summed E-state index contributed by atoms with van der Waals surface area (Å²) in [6.07, 6.45) is -0.562. The zero-order chi connectivity index (χ0) is 28.7. The van der Waals surface area contributed by atoms with E-state index in [1.54, 1.807) is 0 Å². The largest absolute Gasteiger partial charge is 0.481 e. The molecule has 1 fully saturated rings. The highest BCUT2D eigenvalue weighted by Gasteiger charge is 2.34. The summed E-state index contributed by atoms with van der Waals surface area (Å²) in [6, 6.07) is 2.93. The Morgan fingerprint density at radius 1 is 1.00 bits per heavy atom. The van der Waals surface area contributed by atoms with Crippen molar-refractivity contribution in [2.45, 2.75) is 32.5 Å². The number of aromatic nitrogens is 4. The van der Waals surface area contributed by atoms with Gasteiger partial charge in [-0.25, -0.2) is 9.37 Å². The summed E-state index contributed by atoms with van der Waals surface area (Å²) in [5.74, 6) is -2.96. The average molecular weight is 553 g/mol. The van der Waals surface area contributed by atoms with Gasteiger partial charge in [0.15, 0.2) is 5.82 Å². The third-order valence-electron chi connectivity index (χ3n) is 6.18. The van der Waals surface area contributed by atoms with E-state index in [0.717, 1.165) is 37.5 Å². The molecule has 3 aromatic rings. The lowest BCUT2D eigenvalue weighted by molar-refractivity contribution is -0.143. The molecular weight excluding hydrogens is 524 g/mol. The molecule has 1 aliphatic rings. The lowest BCUT2D eigenvalue weighted by Gasteiger charge is -2.35. The second-order valence-electron chi connectivity index (χ2n) is 8.85. The minimum atomic E-state index is -4.78. The normalized spacial score (nSPS) is 14.1. The van der Waals surface area contributed by atoms with Crippen LogP contribution < -0.4 is 4.90 Å². The van der Waals surface area contributed by atoms with Crippen molar-refractivity contribution in [2.75, 3.05) is 31.1 Å². The number of aryl methyl sites for hydroxylation is 1. The molecule has 0 amide bonds. The zero-order valence-corrected chi connectivity index (χ0v) is 21.3. The Morgan fingerprint density at radius 2 is 1.62 bits per heavy atom. The molecule has 0 aliphatic carbocycles. The fourth-order valence-corrected chi connectivity index (χ4v) is 3.93. The predicted molar refractivity (Wildman–Crippen MR) is 132 cm³/mol. The van der Waals surface area contributed by atoms with E-state index in [0.29, 0.717) is 24.6 Å². The van der Waals surface area contributed by atoms with Crippen molar-refractivity contribution < 1.29 is 37.4 Å². The van der Waals surface area contributed by atoms with E-state index < -0.39 is 29.5 Å². The van der Waals surface area contributed by atoms with Gasteiger partial charge in [0.2, 0.25) is 0 Å². The summed E-state index contributed by atoms with van der Waals surface area (Å²) in [7, 11) is 1.91. The highest BCUT2D eigenvalue weighted by molar-refractivity contribution is 5.75.